The number of aromatic carboxylic acids is 1. The molecule has 3 atom stereocenters. The minimum Gasteiger partial charge on any atom is -0.478 e. The van der Waals surface area contributed by atoms with Crippen molar-refractivity contribution < 1.29 is 19.2 Å². The van der Waals surface area contributed by atoms with E-state index in [-0.39, 0.29) is 11.7 Å². The molecule has 38 heavy (non-hydrogen) atoms. The third-order valence-corrected chi connectivity index (χ3v) is 8.87. The normalized spacial score (nSPS) is 22.9. The number of aromatic nitrogens is 3. The number of ether oxygens (including phenoxy) is 1. The van der Waals surface area contributed by atoms with E-state index in [1.165, 1.54) is 6.20 Å². The molecule has 2 unspecified atom stereocenters. The average Bonchev–Trinajstić information content (AvgIpc) is 3.20. The minimum absolute atomic E-state index is 0.166. The first-order valence-electron chi connectivity index (χ1n) is 13.0. The van der Waals surface area contributed by atoms with Gasteiger partial charge in [-0.2, -0.15) is 5.10 Å². The SMILES string of the molecule is O=C(O)c1cnn2ccc(N3CC4CC(OCc5c(-c6c(Cl)cccc6Cl)noc5C5CC5)C[C@H]4C3)cc12. The number of fused-ring (bicyclic) bond motifs is 2. The summed E-state index contributed by atoms with van der Waals surface area (Å²) in [4.78, 5) is 13.9. The molecule has 4 heterocycles. The van der Waals surface area contributed by atoms with Crippen molar-refractivity contribution >= 4 is 40.4 Å². The molecular formula is C28H26Cl2N4O4. The molecule has 1 aliphatic heterocycles. The lowest BCUT2D eigenvalue weighted by Gasteiger charge is -2.22. The Morgan fingerprint density at radius 1 is 1.13 bits per heavy atom. The number of benzene rings is 1. The second-order valence-electron chi connectivity index (χ2n) is 10.7. The molecule has 3 aliphatic rings. The first-order valence-corrected chi connectivity index (χ1v) is 13.7. The number of carboxylic acids is 1. The van der Waals surface area contributed by atoms with Gasteiger partial charge in [-0.25, -0.2) is 9.31 Å². The molecule has 7 rings (SSSR count). The van der Waals surface area contributed by atoms with Gasteiger partial charge in [0.15, 0.2) is 0 Å². The maximum absolute atomic E-state index is 11.5. The summed E-state index contributed by atoms with van der Waals surface area (Å²) in [6.07, 6.45) is 7.57. The summed E-state index contributed by atoms with van der Waals surface area (Å²) in [6, 6.07) is 9.39. The van der Waals surface area contributed by atoms with Gasteiger partial charge in [0.1, 0.15) is 17.0 Å². The van der Waals surface area contributed by atoms with Crippen LogP contribution in [0.1, 0.15) is 53.3 Å². The fourth-order valence-corrected chi connectivity index (χ4v) is 6.75. The van der Waals surface area contributed by atoms with E-state index in [1.807, 2.05) is 36.5 Å². The highest BCUT2D eigenvalue weighted by Crippen LogP contribution is 2.47. The molecule has 3 fully saturated rings. The van der Waals surface area contributed by atoms with Gasteiger partial charge in [-0.3, -0.25) is 0 Å². The van der Waals surface area contributed by atoms with Gasteiger partial charge in [-0.1, -0.05) is 34.4 Å². The molecule has 1 aromatic carbocycles. The van der Waals surface area contributed by atoms with Crippen molar-refractivity contribution in [1.82, 2.24) is 14.8 Å². The van der Waals surface area contributed by atoms with Gasteiger partial charge in [0.25, 0.3) is 0 Å². The summed E-state index contributed by atoms with van der Waals surface area (Å²) >= 11 is 13.0. The van der Waals surface area contributed by atoms with E-state index in [1.54, 1.807) is 4.52 Å². The molecular weight excluding hydrogens is 527 g/mol. The third kappa shape index (κ3) is 4.15. The number of carbonyl (C=O) groups is 1. The molecule has 4 aromatic rings. The molecule has 2 saturated carbocycles. The minimum atomic E-state index is -0.965. The Balaban J connectivity index is 1.04. The summed E-state index contributed by atoms with van der Waals surface area (Å²) in [5.41, 5.74) is 4.21. The molecule has 0 spiro atoms. The van der Waals surface area contributed by atoms with Crippen LogP contribution in [0.15, 0.2) is 47.2 Å². The van der Waals surface area contributed by atoms with E-state index in [9.17, 15) is 9.90 Å². The van der Waals surface area contributed by atoms with Crippen molar-refractivity contribution in [2.24, 2.45) is 11.8 Å². The fraction of sp³-hybridized carbons (Fsp3) is 0.393. The van der Waals surface area contributed by atoms with E-state index >= 15 is 0 Å². The molecule has 1 N–H and O–H groups in total. The van der Waals surface area contributed by atoms with Crippen molar-refractivity contribution in [2.75, 3.05) is 18.0 Å². The number of hydrogen-bond donors (Lipinski definition) is 1. The van der Waals surface area contributed by atoms with Crippen LogP contribution in [0.5, 0.6) is 0 Å². The van der Waals surface area contributed by atoms with Crippen LogP contribution in [-0.4, -0.2) is 45.0 Å². The maximum Gasteiger partial charge on any atom is 0.339 e. The molecule has 0 radical (unpaired) electrons. The van der Waals surface area contributed by atoms with Gasteiger partial charge in [0.2, 0.25) is 0 Å². The van der Waals surface area contributed by atoms with Crippen LogP contribution >= 0.6 is 23.2 Å². The summed E-state index contributed by atoms with van der Waals surface area (Å²) < 4.78 is 13.9. The largest absolute Gasteiger partial charge is 0.478 e. The molecule has 3 aromatic heterocycles. The lowest BCUT2D eigenvalue weighted by molar-refractivity contribution is 0.0403. The Bertz CT molecular complexity index is 1510. The Kier molecular flexibility index (Phi) is 5.87. The Morgan fingerprint density at radius 2 is 1.87 bits per heavy atom. The van der Waals surface area contributed by atoms with Crippen LogP contribution < -0.4 is 4.90 Å². The summed E-state index contributed by atoms with van der Waals surface area (Å²) in [5, 5.41) is 19.1. The summed E-state index contributed by atoms with van der Waals surface area (Å²) in [7, 11) is 0. The first-order chi connectivity index (χ1) is 18.5. The quantitative estimate of drug-likeness (QED) is 0.287. The Hall–Kier alpha value is -3.07. The van der Waals surface area contributed by atoms with Gasteiger partial charge in [-0.15, -0.1) is 0 Å². The van der Waals surface area contributed by atoms with Crippen molar-refractivity contribution in [3.8, 4) is 11.3 Å². The average molecular weight is 553 g/mol. The first kappa shape index (κ1) is 24.0. The van der Waals surface area contributed by atoms with Crippen molar-refractivity contribution in [3.63, 3.8) is 0 Å². The van der Waals surface area contributed by atoms with E-state index < -0.39 is 5.97 Å². The number of hydrogen-bond acceptors (Lipinski definition) is 6. The van der Waals surface area contributed by atoms with E-state index in [0.29, 0.717) is 51.2 Å². The Labute approximate surface area is 229 Å². The maximum atomic E-state index is 11.5. The highest BCUT2D eigenvalue weighted by molar-refractivity contribution is 6.39. The Morgan fingerprint density at radius 3 is 2.55 bits per heavy atom. The van der Waals surface area contributed by atoms with Crippen LogP contribution in [0.4, 0.5) is 5.69 Å². The predicted octanol–water partition coefficient (Wildman–Crippen LogP) is 6.30. The van der Waals surface area contributed by atoms with Crippen molar-refractivity contribution in [3.05, 3.63) is 69.7 Å². The van der Waals surface area contributed by atoms with Crippen LogP contribution in [0, 0.1) is 11.8 Å². The second kappa shape index (κ2) is 9.29. The molecule has 196 valence electrons. The molecule has 0 amide bonds. The van der Waals surface area contributed by atoms with Crippen molar-refractivity contribution in [2.45, 2.75) is 44.3 Å². The van der Waals surface area contributed by atoms with E-state index in [2.05, 4.69) is 15.2 Å². The third-order valence-electron chi connectivity index (χ3n) is 8.24. The second-order valence-corrected chi connectivity index (χ2v) is 11.5. The van der Waals surface area contributed by atoms with Gasteiger partial charge in [0, 0.05) is 42.0 Å². The number of nitrogens with zero attached hydrogens (tertiary/aromatic N) is 4. The fourth-order valence-electron chi connectivity index (χ4n) is 6.17. The van der Waals surface area contributed by atoms with Gasteiger partial charge in [-0.05, 0) is 61.8 Å². The molecule has 0 bridgehead atoms. The zero-order chi connectivity index (χ0) is 26.0. The topological polar surface area (TPSA) is 93.1 Å². The van der Waals surface area contributed by atoms with Crippen LogP contribution in [0.25, 0.3) is 16.8 Å². The van der Waals surface area contributed by atoms with Gasteiger partial charge >= 0.3 is 5.97 Å². The zero-order valence-corrected chi connectivity index (χ0v) is 22.0. The van der Waals surface area contributed by atoms with Gasteiger partial charge in [0.05, 0.1) is 34.5 Å². The number of halogens is 2. The molecule has 8 nitrogen and oxygen atoms in total. The standard InChI is InChI=1S/C28H26Cl2N4O4/c29-22-2-1-3-23(30)25(22)26-21(27(38-32-26)15-4-5-15)14-37-19-8-16-12-33(13-17(16)9-19)18-6-7-34-24(10-18)20(11-31-34)28(35)36/h1-3,6-7,10-11,15-17,19H,4-5,8-9,12-14H2,(H,35,36)/t16-,17?,19?/m0/s1. The summed E-state index contributed by atoms with van der Waals surface area (Å²) in [6.45, 7) is 2.28. The number of carboxylic acid groups (broad SMARTS) is 1. The highest BCUT2D eigenvalue weighted by Gasteiger charge is 2.42. The molecule has 2 aliphatic carbocycles. The highest BCUT2D eigenvalue weighted by atomic mass is 35.5. The van der Waals surface area contributed by atoms with Gasteiger partial charge < -0.3 is 19.3 Å². The number of rotatable bonds is 7. The van der Waals surface area contributed by atoms with Crippen LogP contribution in [-0.2, 0) is 11.3 Å². The lowest BCUT2D eigenvalue weighted by atomic mass is 10.0. The van der Waals surface area contributed by atoms with E-state index in [4.69, 9.17) is 32.5 Å². The monoisotopic (exact) mass is 552 g/mol. The lowest BCUT2D eigenvalue weighted by Crippen LogP contribution is -2.23. The molecule has 10 heteroatoms. The number of pyridine rings is 1. The van der Waals surface area contributed by atoms with Crippen LogP contribution in [0.2, 0.25) is 10.0 Å². The van der Waals surface area contributed by atoms with Crippen LogP contribution in [0.3, 0.4) is 0 Å². The smallest absolute Gasteiger partial charge is 0.339 e. The molecule has 1 saturated heterocycles. The number of anilines is 1. The summed E-state index contributed by atoms with van der Waals surface area (Å²) in [5.74, 6) is 1.39. The predicted molar refractivity (Wildman–Crippen MR) is 143 cm³/mol. The van der Waals surface area contributed by atoms with Crippen molar-refractivity contribution in [1.29, 1.82) is 0 Å². The van der Waals surface area contributed by atoms with E-state index in [0.717, 1.165) is 55.8 Å². The zero-order valence-electron chi connectivity index (χ0n) is 20.5.